The minimum Gasteiger partial charge on any atom is -0.385 e. The van der Waals surface area contributed by atoms with Crippen molar-refractivity contribution < 1.29 is 5.11 Å². The zero-order valence-corrected chi connectivity index (χ0v) is 7.48. The highest BCUT2D eigenvalue weighted by Crippen LogP contribution is 2.09. The lowest BCUT2D eigenvalue weighted by molar-refractivity contribution is 0.260. The topological polar surface area (TPSA) is 72.3 Å². The number of rotatable bonds is 4. The van der Waals surface area contributed by atoms with Crippen LogP contribution in [-0.4, -0.2) is 17.7 Å². The van der Waals surface area contributed by atoms with Gasteiger partial charge in [0.2, 0.25) is 0 Å². The first-order valence-corrected chi connectivity index (χ1v) is 4.28. The molecule has 0 fully saturated rings. The van der Waals surface area contributed by atoms with Gasteiger partial charge in [-0.25, -0.2) is 0 Å². The van der Waals surface area contributed by atoms with E-state index in [-0.39, 0.29) is 12.6 Å². The highest BCUT2D eigenvalue weighted by atomic mass is 16.3. The van der Waals surface area contributed by atoms with Crippen molar-refractivity contribution in [2.45, 2.75) is 12.5 Å². The second-order valence-corrected chi connectivity index (χ2v) is 3.00. The Balaban J connectivity index is 2.50. The predicted octanol–water partition coefficient (Wildman–Crippen LogP) is 0.420. The average Bonchev–Trinajstić information content (AvgIpc) is 2.18. The summed E-state index contributed by atoms with van der Waals surface area (Å²) in [4.78, 5) is 0. The fraction of sp³-hybridized carbons (Fsp3) is 0.300. The van der Waals surface area contributed by atoms with Crippen LogP contribution < -0.4 is 11.5 Å². The van der Waals surface area contributed by atoms with Crippen molar-refractivity contribution in [3.8, 4) is 0 Å². The molecule has 0 aliphatic carbocycles. The summed E-state index contributed by atoms with van der Waals surface area (Å²) in [6, 6.07) is 9.26. The van der Waals surface area contributed by atoms with Gasteiger partial charge in [0.1, 0.15) is 6.10 Å². The Morgan fingerprint density at radius 1 is 1.31 bits per heavy atom. The van der Waals surface area contributed by atoms with Gasteiger partial charge in [0, 0.05) is 19.0 Å². The molecule has 1 radical (unpaired) electrons. The van der Waals surface area contributed by atoms with Gasteiger partial charge in [-0.1, -0.05) is 30.3 Å². The van der Waals surface area contributed by atoms with Gasteiger partial charge in [-0.05, 0) is 5.56 Å². The number of benzene rings is 1. The Labute approximate surface area is 78.4 Å². The van der Waals surface area contributed by atoms with Gasteiger partial charge in [0.05, 0.1) is 0 Å². The van der Waals surface area contributed by atoms with Crippen LogP contribution in [0.5, 0.6) is 0 Å². The molecule has 3 nitrogen and oxygen atoms in total. The second kappa shape index (κ2) is 4.97. The molecule has 3 heteroatoms. The number of nitrogens with two attached hydrogens (primary N) is 2. The van der Waals surface area contributed by atoms with Crippen molar-refractivity contribution in [3.63, 3.8) is 0 Å². The summed E-state index contributed by atoms with van der Waals surface area (Å²) < 4.78 is 0. The van der Waals surface area contributed by atoms with E-state index < -0.39 is 6.04 Å². The molecular formula is C10H15N2O. The highest BCUT2D eigenvalue weighted by Gasteiger charge is 2.14. The number of hydrogen-bond donors (Lipinski definition) is 3. The third kappa shape index (κ3) is 3.14. The molecule has 0 heterocycles. The Kier molecular flexibility index (Phi) is 3.89. The fourth-order valence-electron chi connectivity index (χ4n) is 1.07. The average molecular weight is 179 g/mol. The maximum atomic E-state index is 9.48. The van der Waals surface area contributed by atoms with Gasteiger partial charge < -0.3 is 16.6 Å². The van der Waals surface area contributed by atoms with Gasteiger partial charge in [-0.2, -0.15) is 0 Å². The third-order valence-corrected chi connectivity index (χ3v) is 1.91. The Bertz CT molecular complexity index is 238. The van der Waals surface area contributed by atoms with E-state index in [0.717, 1.165) is 5.56 Å². The van der Waals surface area contributed by atoms with Crippen molar-refractivity contribution in [1.29, 1.82) is 0 Å². The van der Waals surface area contributed by atoms with Crippen LogP contribution >= 0.6 is 0 Å². The molecule has 13 heavy (non-hydrogen) atoms. The molecule has 1 unspecified atom stereocenters. The Hall–Kier alpha value is -0.900. The molecule has 0 saturated carbocycles. The SMILES string of the molecule is NCC(N)[C](O)Cc1ccccc1. The minimum atomic E-state index is -0.416. The van der Waals surface area contributed by atoms with E-state index in [1.165, 1.54) is 0 Å². The minimum absolute atomic E-state index is 0.244. The summed E-state index contributed by atoms with van der Waals surface area (Å²) >= 11 is 0. The molecular weight excluding hydrogens is 164 g/mol. The van der Waals surface area contributed by atoms with E-state index in [0.29, 0.717) is 6.42 Å². The summed E-state index contributed by atoms with van der Waals surface area (Å²) in [5.74, 6) is 0. The van der Waals surface area contributed by atoms with Crippen molar-refractivity contribution in [2.24, 2.45) is 11.5 Å². The fourth-order valence-corrected chi connectivity index (χ4v) is 1.07. The van der Waals surface area contributed by atoms with E-state index >= 15 is 0 Å². The summed E-state index contributed by atoms with van der Waals surface area (Å²) in [6.45, 7) is 0.276. The quantitative estimate of drug-likeness (QED) is 0.627. The summed E-state index contributed by atoms with van der Waals surface area (Å²) in [7, 11) is 0. The lowest BCUT2D eigenvalue weighted by Gasteiger charge is -2.15. The van der Waals surface area contributed by atoms with Crippen LogP contribution in [0.25, 0.3) is 0 Å². The molecule has 1 aromatic carbocycles. The molecule has 0 aliphatic heterocycles. The molecule has 5 N–H and O–H groups in total. The maximum absolute atomic E-state index is 9.48. The van der Waals surface area contributed by atoms with Crippen LogP contribution in [0.15, 0.2) is 30.3 Å². The summed E-state index contributed by atoms with van der Waals surface area (Å²) in [6.07, 6.45) is 0.729. The van der Waals surface area contributed by atoms with Crippen LogP contribution in [0.3, 0.4) is 0 Å². The molecule has 0 saturated heterocycles. The molecule has 0 aromatic heterocycles. The monoisotopic (exact) mass is 179 g/mol. The Morgan fingerprint density at radius 3 is 2.46 bits per heavy atom. The highest BCUT2D eigenvalue weighted by molar-refractivity contribution is 5.18. The molecule has 0 bridgehead atoms. The second-order valence-electron chi connectivity index (χ2n) is 3.00. The van der Waals surface area contributed by atoms with E-state index in [9.17, 15) is 5.11 Å². The van der Waals surface area contributed by atoms with Gasteiger partial charge in [0.15, 0.2) is 0 Å². The predicted molar refractivity (Wildman–Crippen MR) is 52.4 cm³/mol. The zero-order valence-electron chi connectivity index (χ0n) is 7.48. The number of hydrogen-bond acceptors (Lipinski definition) is 3. The molecule has 0 amide bonds. The first-order chi connectivity index (χ1) is 6.24. The smallest absolute Gasteiger partial charge is 0.115 e. The molecule has 1 atom stereocenters. The summed E-state index contributed by atoms with van der Waals surface area (Å²) in [5, 5.41) is 9.48. The van der Waals surface area contributed by atoms with Gasteiger partial charge in [-0.3, -0.25) is 0 Å². The molecule has 0 spiro atoms. The van der Waals surface area contributed by atoms with Crippen LogP contribution in [-0.2, 0) is 6.42 Å². The number of aliphatic hydroxyl groups is 1. The van der Waals surface area contributed by atoms with Gasteiger partial charge in [0.25, 0.3) is 0 Å². The van der Waals surface area contributed by atoms with Crippen molar-refractivity contribution in [2.75, 3.05) is 6.54 Å². The van der Waals surface area contributed by atoms with E-state index in [2.05, 4.69) is 0 Å². The molecule has 71 valence electrons. The van der Waals surface area contributed by atoms with Crippen molar-refractivity contribution in [1.82, 2.24) is 0 Å². The van der Waals surface area contributed by atoms with Crippen LogP contribution in [0.4, 0.5) is 0 Å². The molecule has 1 aromatic rings. The van der Waals surface area contributed by atoms with Crippen LogP contribution in [0.2, 0.25) is 0 Å². The molecule has 0 aliphatic rings. The number of aliphatic hydroxyl groups excluding tert-OH is 1. The van der Waals surface area contributed by atoms with Crippen LogP contribution in [0.1, 0.15) is 5.56 Å². The van der Waals surface area contributed by atoms with E-state index in [4.69, 9.17) is 11.5 Å². The van der Waals surface area contributed by atoms with E-state index in [1.54, 1.807) is 0 Å². The largest absolute Gasteiger partial charge is 0.385 e. The molecule has 1 rings (SSSR count). The zero-order chi connectivity index (χ0) is 9.68. The lowest BCUT2D eigenvalue weighted by Crippen LogP contribution is -2.36. The first kappa shape index (κ1) is 10.2. The van der Waals surface area contributed by atoms with Crippen LogP contribution in [0, 0.1) is 6.10 Å². The normalized spacial score (nSPS) is 13.2. The maximum Gasteiger partial charge on any atom is 0.115 e. The van der Waals surface area contributed by atoms with Crippen molar-refractivity contribution in [3.05, 3.63) is 42.0 Å². The standard InChI is InChI=1S/C10H15N2O/c11-7-9(12)10(13)6-8-4-2-1-3-5-8/h1-5,9,13H,6-7,11-12H2. The van der Waals surface area contributed by atoms with Gasteiger partial charge >= 0.3 is 0 Å². The van der Waals surface area contributed by atoms with E-state index in [1.807, 2.05) is 30.3 Å². The Morgan fingerprint density at radius 2 is 1.92 bits per heavy atom. The van der Waals surface area contributed by atoms with Gasteiger partial charge in [-0.15, -0.1) is 0 Å². The van der Waals surface area contributed by atoms with Crippen molar-refractivity contribution >= 4 is 0 Å². The third-order valence-electron chi connectivity index (χ3n) is 1.91. The first-order valence-electron chi connectivity index (χ1n) is 4.28. The summed E-state index contributed by atoms with van der Waals surface area (Å²) in [5.41, 5.74) is 11.9. The lowest BCUT2D eigenvalue weighted by atomic mass is 10.0.